The van der Waals surface area contributed by atoms with Gasteiger partial charge in [0.15, 0.2) is 0 Å². The molecule has 3 aliphatic heterocycles. The summed E-state index contributed by atoms with van der Waals surface area (Å²) < 4.78 is 5.81. The normalized spacial score (nSPS) is 47.8. The molecule has 5 atom stereocenters. The van der Waals surface area contributed by atoms with Gasteiger partial charge in [-0.25, -0.2) is 0 Å². The standard InChI is InChI=1S/C14H21NO2/c16-14(12-6-11-4-5-13(12)17-11)15-7-9-2-1-3-10(9)8-15/h9-13H,1-8H2. The van der Waals surface area contributed by atoms with E-state index in [9.17, 15) is 4.79 Å². The van der Waals surface area contributed by atoms with Crippen molar-refractivity contribution in [2.24, 2.45) is 17.8 Å². The summed E-state index contributed by atoms with van der Waals surface area (Å²) in [7, 11) is 0. The maximum Gasteiger partial charge on any atom is 0.228 e. The molecule has 0 spiro atoms. The summed E-state index contributed by atoms with van der Waals surface area (Å²) >= 11 is 0. The van der Waals surface area contributed by atoms with Crippen molar-refractivity contribution in [1.82, 2.24) is 4.90 Å². The molecule has 94 valence electrons. The number of carbonyl (C=O) groups excluding carboxylic acids is 1. The molecule has 3 heterocycles. The molecule has 3 nitrogen and oxygen atoms in total. The Morgan fingerprint density at radius 2 is 1.82 bits per heavy atom. The van der Waals surface area contributed by atoms with Gasteiger partial charge in [-0.3, -0.25) is 4.79 Å². The van der Waals surface area contributed by atoms with Crippen molar-refractivity contribution in [2.75, 3.05) is 13.1 Å². The second-order valence-electron chi connectivity index (χ2n) is 6.41. The molecule has 1 saturated carbocycles. The van der Waals surface area contributed by atoms with Gasteiger partial charge in [-0.05, 0) is 43.9 Å². The Bertz CT molecular complexity index is 331. The lowest BCUT2D eigenvalue weighted by Gasteiger charge is -2.25. The molecule has 1 aliphatic carbocycles. The molecule has 4 aliphatic rings. The van der Waals surface area contributed by atoms with Crippen LogP contribution in [-0.4, -0.2) is 36.1 Å². The Morgan fingerprint density at radius 3 is 2.41 bits per heavy atom. The first-order valence-electron chi connectivity index (χ1n) is 7.25. The molecule has 3 saturated heterocycles. The highest BCUT2D eigenvalue weighted by Gasteiger charge is 2.48. The fourth-order valence-electron chi connectivity index (χ4n) is 4.55. The third kappa shape index (κ3) is 1.55. The Labute approximate surface area is 102 Å². The zero-order chi connectivity index (χ0) is 11.4. The fourth-order valence-corrected chi connectivity index (χ4v) is 4.55. The van der Waals surface area contributed by atoms with Crippen LogP contribution in [0.5, 0.6) is 0 Å². The van der Waals surface area contributed by atoms with Crippen LogP contribution in [-0.2, 0) is 9.53 Å². The zero-order valence-corrected chi connectivity index (χ0v) is 10.3. The van der Waals surface area contributed by atoms with E-state index in [4.69, 9.17) is 4.74 Å². The number of carbonyl (C=O) groups is 1. The molecular formula is C14H21NO2. The average Bonchev–Trinajstić information content (AvgIpc) is 3.06. The maximum absolute atomic E-state index is 12.5. The molecule has 5 unspecified atom stereocenters. The highest BCUT2D eigenvalue weighted by atomic mass is 16.5. The smallest absolute Gasteiger partial charge is 0.228 e. The quantitative estimate of drug-likeness (QED) is 0.693. The predicted octanol–water partition coefficient (Wildman–Crippen LogP) is 1.81. The van der Waals surface area contributed by atoms with Crippen molar-refractivity contribution in [3.05, 3.63) is 0 Å². The molecule has 1 amide bonds. The summed E-state index contributed by atoms with van der Waals surface area (Å²) in [5.74, 6) is 2.25. The number of rotatable bonds is 1. The van der Waals surface area contributed by atoms with Crippen LogP contribution in [0.3, 0.4) is 0 Å². The summed E-state index contributed by atoms with van der Waals surface area (Å²) in [6.07, 6.45) is 8.03. The van der Waals surface area contributed by atoms with Gasteiger partial charge < -0.3 is 9.64 Å². The summed E-state index contributed by atoms with van der Waals surface area (Å²) in [6.45, 7) is 2.08. The Morgan fingerprint density at radius 1 is 1.06 bits per heavy atom. The first kappa shape index (κ1) is 10.4. The monoisotopic (exact) mass is 235 g/mol. The van der Waals surface area contributed by atoms with Crippen LogP contribution in [0.1, 0.15) is 38.5 Å². The third-order valence-corrected chi connectivity index (χ3v) is 5.46. The number of likely N-dealkylation sites (tertiary alicyclic amines) is 1. The first-order chi connectivity index (χ1) is 8.31. The van der Waals surface area contributed by atoms with Gasteiger partial charge in [-0.1, -0.05) is 6.42 Å². The van der Waals surface area contributed by atoms with Crippen molar-refractivity contribution in [3.8, 4) is 0 Å². The van der Waals surface area contributed by atoms with Gasteiger partial charge in [-0.15, -0.1) is 0 Å². The Hall–Kier alpha value is -0.570. The summed E-state index contributed by atoms with van der Waals surface area (Å²) in [4.78, 5) is 14.7. The topological polar surface area (TPSA) is 29.5 Å². The van der Waals surface area contributed by atoms with Gasteiger partial charge in [0.25, 0.3) is 0 Å². The first-order valence-corrected chi connectivity index (χ1v) is 7.25. The zero-order valence-electron chi connectivity index (χ0n) is 10.3. The fraction of sp³-hybridized carbons (Fsp3) is 0.929. The number of nitrogens with zero attached hydrogens (tertiary/aromatic N) is 1. The molecular weight excluding hydrogens is 214 g/mol. The molecule has 0 aromatic heterocycles. The number of ether oxygens (including phenoxy) is 1. The van der Waals surface area contributed by atoms with E-state index in [1.165, 1.54) is 25.7 Å². The van der Waals surface area contributed by atoms with Gasteiger partial charge in [0, 0.05) is 13.1 Å². The van der Waals surface area contributed by atoms with Crippen LogP contribution < -0.4 is 0 Å². The Balaban J connectivity index is 1.44. The second-order valence-corrected chi connectivity index (χ2v) is 6.41. The van der Waals surface area contributed by atoms with Crippen LogP contribution in [0, 0.1) is 17.8 Å². The third-order valence-electron chi connectivity index (χ3n) is 5.46. The Kier molecular flexibility index (Phi) is 2.26. The molecule has 4 fully saturated rings. The molecule has 3 heteroatoms. The lowest BCUT2D eigenvalue weighted by molar-refractivity contribution is -0.136. The van der Waals surface area contributed by atoms with Crippen LogP contribution in [0.2, 0.25) is 0 Å². The molecule has 0 N–H and O–H groups in total. The SMILES string of the molecule is O=C(C1CC2CCC1O2)N1CC2CCCC2C1. The van der Waals surface area contributed by atoms with Crippen LogP contribution in [0.25, 0.3) is 0 Å². The lowest BCUT2D eigenvalue weighted by atomic mass is 9.88. The van der Waals surface area contributed by atoms with Gasteiger partial charge in [-0.2, -0.15) is 0 Å². The van der Waals surface area contributed by atoms with Crippen molar-refractivity contribution in [2.45, 2.75) is 50.7 Å². The largest absolute Gasteiger partial charge is 0.374 e. The number of fused-ring (bicyclic) bond motifs is 3. The maximum atomic E-state index is 12.5. The van der Waals surface area contributed by atoms with Crippen LogP contribution in [0.15, 0.2) is 0 Å². The minimum absolute atomic E-state index is 0.201. The molecule has 4 rings (SSSR count). The molecule has 0 aromatic rings. The number of hydrogen-bond acceptors (Lipinski definition) is 2. The van der Waals surface area contributed by atoms with Crippen molar-refractivity contribution in [1.29, 1.82) is 0 Å². The van der Waals surface area contributed by atoms with E-state index in [2.05, 4.69) is 4.90 Å². The van der Waals surface area contributed by atoms with E-state index in [-0.39, 0.29) is 12.0 Å². The molecule has 0 aromatic carbocycles. The average molecular weight is 235 g/mol. The number of hydrogen-bond donors (Lipinski definition) is 0. The van der Waals surface area contributed by atoms with Crippen molar-refractivity contribution in [3.63, 3.8) is 0 Å². The van der Waals surface area contributed by atoms with E-state index < -0.39 is 0 Å². The van der Waals surface area contributed by atoms with E-state index in [0.717, 1.165) is 37.8 Å². The van der Waals surface area contributed by atoms with Gasteiger partial charge in [0.05, 0.1) is 18.1 Å². The minimum Gasteiger partial charge on any atom is -0.374 e. The highest BCUT2D eigenvalue weighted by Crippen LogP contribution is 2.42. The van der Waals surface area contributed by atoms with Gasteiger partial charge >= 0.3 is 0 Å². The van der Waals surface area contributed by atoms with Crippen LogP contribution in [0.4, 0.5) is 0 Å². The molecule has 17 heavy (non-hydrogen) atoms. The van der Waals surface area contributed by atoms with Gasteiger partial charge in [0.1, 0.15) is 0 Å². The second kappa shape index (κ2) is 3.71. The van der Waals surface area contributed by atoms with Crippen molar-refractivity contribution >= 4 is 5.91 Å². The molecule has 0 radical (unpaired) electrons. The summed E-state index contributed by atoms with van der Waals surface area (Å²) in [6, 6.07) is 0. The predicted molar refractivity (Wildman–Crippen MR) is 63.4 cm³/mol. The van der Waals surface area contributed by atoms with Crippen molar-refractivity contribution < 1.29 is 9.53 Å². The lowest BCUT2D eigenvalue weighted by Crippen LogP contribution is -2.39. The van der Waals surface area contributed by atoms with Crippen LogP contribution >= 0.6 is 0 Å². The molecule has 2 bridgehead atoms. The highest BCUT2D eigenvalue weighted by molar-refractivity contribution is 5.80. The van der Waals surface area contributed by atoms with E-state index in [1.807, 2.05) is 0 Å². The number of amides is 1. The summed E-state index contributed by atoms with van der Waals surface area (Å²) in [5, 5.41) is 0. The van der Waals surface area contributed by atoms with E-state index in [1.54, 1.807) is 0 Å². The summed E-state index contributed by atoms with van der Waals surface area (Å²) in [5.41, 5.74) is 0. The van der Waals surface area contributed by atoms with E-state index in [0.29, 0.717) is 12.0 Å². The van der Waals surface area contributed by atoms with Gasteiger partial charge in [0.2, 0.25) is 5.91 Å². The van der Waals surface area contributed by atoms with E-state index >= 15 is 0 Å². The minimum atomic E-state index is 0.201.